The van der Waals surface area contributed by atoms with Crippen molar-refractivity contribution in [2.75, 3.05) is 45.9 Å². The summed E-state index contributed by atoms with van der Waals surface area (Å²) in [4.78, 5) is 25.2. The molecule has 1 aromatic heterocycles. The fourth-order valence-corrected chi connectivity index (χ4v) is 3.50. The predicted octanol–water partition coefficient (Wildman–Crippen LogP) is 2.21. The third-order valence-electron chi connectivity index (χ3n) is 5.03. The summed E-state index contributed by atoms with van der Waals surface area (Å²) in [6.07, 6.45) is 4.41. The van der Waals surface area contributed by atoms with Crippen LogP contribution in [-0.2, 0) is 17.7 Å². The van der Waals surface area contributed by atoms with Crippen LogP contribution < -0.4 is 5.32 Å². The number of nitrogens with one attached hydrogen (secondary N) is 1. The topological polar surface area (TPSA) is 75.0 Å². The summed E-state index contributed by atoms with van der Waals surface area (Å²) < 4.78 is 7.27. The lowest BCUT2D eigenvalue weighted by Crippen LogP contribution is -2.54. The average Bonchev–Trinajstić information content (AvgIpc) is 3.21. The molecule has 0 spiro atoms. The smallest absolute Gasteiger partial charge is 0.409 e. The number of ether oxygens (including phenoxy) is 1. The van der Waals surface area contributed by atoms with Crippen molar-refractivity contribution in [2.45, 2.75) is 26.8 Å². The van der Waals surface area contributed by atoms with Crippen LogP contribution in [0.3, 0.4) is 0 Å². The number of carbonyl (C=O) groups is 1. The van der Waals surface area contributed by atoms with Gasteiger partial charge < -0.3 is 24.4 Å². The minimum Gasteiger partial charge on any atom is -0.450 e. The number of aliphatic imine (C=N–C) groups is 1. The minimum atomic E-state index is -0.232. The SMILES string of the molecule is CCNC(=NCCc1nccn1Cc1ccccc1)N1CCN(C(=O)OCC)CC1. The number of hydrogen-bond donors (Lipinski definition) is 1. The molecule has 1 aliphatic rings. The highest BCUT2D eigenvalue weighted by atomic mass is 16.6. The number of nitrogens with zero attached hydrogens (tertiary/aromatic N) is 5. The first-order valence-corrected chi connectivity index (χ1v) is 10.7. The Morgan fingerprint density at radius 2 is 1.87 bits per heavy atom. The lowest BCUT2D eigenvalue weighted by molar-refractivity contribution is 0.0914. The van der Waals surface area contributed by atoms with E-state index >= 15 is 0 Å². The molecule has 1 fully saturated rings. The standard InChI is InChI=1S/C22H32N6O2/c1-3-23-21(26-14-16-27(17-15-26)22(29)30-4-2)25-11-10-20-24-12-13-28(20)18-19-8-6-5-7-9-19/h5-9,12-13H,3-4,10-11,14-18H2,1-2H3,(H,23,25). The van der Waals surface area contributed by atoms with E-state index in [1.54, 1.807) is 4.90 Å². The molecule has 1 aliphatic heterocycles. The van der Waals surface area contributed by atoms with Crippen molar-refractivity contribution in [1.29, 1.82) is 0 Å². The number of imidazole rings is 1. The van der Waals surface area contributed by atoms with E-state index in [0.717, 1.165) is 44.4 Å². The van der Waals surface area contributed by atoms with Crippen LogP contribution in [0.25, 0.3) is 0 Å². The Morgan fingerprint density at radius 3 is 2.57 bits per heavy atom. The van der Waals surface area contributed by atoms with Gasteiger partial charge >= 0.3 is 6.09 Å². The third-order valence-corrected chi connectivity index (χ3v) is 5.03. The molecule has 0 aliphatic carbocycles. The first kappa shape index (κ1) is 21.7. The number of guanidine groups is 1. The Labute approximate surface area is 178 Å². The molecule has 1 aromatic carbocycles. The quantitative estimate of drug-likeness (QED) is 0.558. The first-order valence-electron chi connectivity index (χ1n) is 10.7. The predicted molar refractivity (Wildman–Crippen MR) is 118 cm³/mol. The second-order valence-corrected chi connectivity index (χ2v) is 7.12. The third kappa shape index (κ3) is 5.98. The van der Waals surface area contributed by atoms with E-state index in [1.165, 1.54) is 5.56 Å². The zero-order valence-electron chi connectivity index (χ0n) is 18.0. The Bertz CT molecular complexity index is 812. The zero-order chi connectivity index (χ0) is 21.2. The molecule has 0 saturated carbocycles. The fraction of sp³-hybridized carbons (Fsp3) is 0.500. The summed E-state index contributed by atoms with van der Waals surface area (Å²) >= 11 is 0. The summed E-state index contributed by atoms with van der Waals surface area (Å²) in [7, 11) is 0. The van der Waals surface area contributed by atoms with E-state index in [9.17, 15) is 4.79 Å². The average molecular weight is 413 g/mol. The van der Waals surface area contributed by atoms with Gasteiger partial charge in [-0.25, -0.2) is 9.78 Å². The monoisotopic (exact) mass is 412 g/mol. The number of amides is 1. The molecule has 8 heteroatoms. The van der Waals surface area contributed by atoms with Gasteiger partial charge in [-0.05, 0) is 19.4 Å². The molecule has 2 heterocycles. The van der Waals surface area contributed by atoms with E-state index in [2.05, 4.69) is 51.0 Å². The first-order chi connectivity index (χ1) is 14.7. The van der Waals surface area contributed by atoms with Crippen LogP contribution in [0.5, 0.6) is 0 Å². The van der Waals surface area contributed by atoms with E-state index in [1.807, 2.05) is 25.4 Å². The maximum absolute atomic E-state index is 11.9. The molecule has 0 bridgehead atoms. The number of piperazine rings is 1. The van der Waals surface area contributed by atoms with E-state index in [4.69, 9.17) is 9.73 Å². The molecule has 162 valence electrons. The van der Waals surface area contributed by atoms with Crippen molar-refractivity contribution in [3.8, 4) is 0 Å². The number of carbonyl (C=O) groups excluding carboxylic acids is 1. The van der Waals surface area contributed by atoms with Crippen molar-refractivity contribution in [3.05, 3.63) is 54.1 Å². The van der Waals surface area contributed by atoms with Crippen molar-refractivity contribution < 1.29 is 9.53 Å². The molecular formula is C22H32N6O2. The van der Waals surface area contributed by atoms with Crippen molar-refractivity contribution in [1.82, 2.24) is 24.7 Å². The summed E-state index contributed by atoms with van der Waals surface area (Å²) in [5.41, 5.74) is 1.26. The van der Waals surface area contributed by atoms with Crippen molar-refractivity contribution in [3.63, 3.8) is 0 Å². The maximum Gasteiger partial charge on any atom is 0.409 e. The minimum absolute atomic E-state index is 0.232. The van der Waals surface area contributed by atoms with Crippen molar-refractivity contribution >= 4 is 12.1 Å². The molecule has 1 saturated heterocycles. The molecular weight excluding hydrogens is 380 g/mol. The number of hydrogen-bond acceptors (Lipinski definition) is 4. The van der Waals surface area contributed by atoms with E-state index in [-0.39, 0.29) is 6.09 Å². The fourth-order valence-electron chi connectivity index (χ4n) is 3.50. The van der Waals surface area contributed by atoms with Gasteiger partial charge in [0.05, 0.1) is 6.61 Å². The Morgan fingerprint density at radius 1 is 1.13 bits per heavy atom. The largest absolute Gasteiger partial charge is 0.450 e. The molecule has 3 rings (SSSR count). The molecule has 8 nitrogen and oxygen atoms in total. The van der Waals surface area contributed by atoms with Gasteiger partial charge in [0.2, 0.25) is 0 Å². The second-order valence-electron chi connectivity index (χ2n) is 7.12. The normalized spacial score (nSPS) is 14.7. The van der Waals surface area contributed by atoms with Gasteiger partial charge in [-0.2, -0.15) is 0 Å². The highest BCUT2D eigenvalue weighted by Crippen LogP contribution is 2.07. The number of benzene rings is 1. The highest BCUT2D eigenvalue weighted by Gasteiger charge is 2.23. The molecule has 0 unspecified atom stereocenters. The molecule has 1 amide bonds. The van der Waals surface area contributed by atoms with Gasteiger partial charge in [-0.15, -0.1) is 0 Å². The van der Waals surface area contributed by atoms with Crippen LogP contribution in [0.15, 0.2) is 47.7 Å². The van der Waals surface area contributed by atoms with Crippen LogP contribution in [0.2, 0.25) is 0 Å². The highest BCUT2D eigenvalue weighted by molar-refractivity contribution is 5.80. The second kappa shape index (κ2) is 11.2. The van der Waals surface area contributed by atoms with Crippen LogP contribution in [0.4, 0.5) is 4.79 Å². The van der Waals surface area contributed by atoms with Crippen LogP contribution in [-0.4, -0.2) is 77.3 Å². The summed E-state index contributed by atoms with van der Waals surface area (Å²) in [6.45, 7) is 9.35. The number of rotatable bonds is 7. The maximum atomic E-state index is 11.9. The van der Waals surface area contributed by atoms with E-state index in [0.29, 0.717) is 26.2 Å². The lowest BCUT2D eigenvalue weighted by atomic mass is 10.2. The molecule has 0 radical (unpaired) electrons. The zero-order valence-corrected chi connectivity index (χ0v) is 18.0. The lowest BCUT2D eigenvalue weighted by Gasteiger charge is -2.35. The number of aromatic nitrogens is 2. The van der Waals surface area contributed by atoms with Gasteiger partial charge in [0.25, 0.3) is 0 Å². The molecule has 30 heavy (non-hydrogen) atoms. The summed E-state index contributed by atoms with van der Waals surface area (Å²) in [6, 6.07) is 10.4. The molecule has 2 aromatic rings. The van der Waals surface area contributed by atoms with Crippen LogP contribution in [0.1, 0.15) is 25.2 Å². The van der Waals surface area contributed by atoms with Gasteiger partial charge in [-0.1, -0.05) is 30.3 Å². The van der Waals surface area contributed by atoms with E-state index < -0.39 is 0 Å². The van der Waals surface area contributed by atoms with Gasteiger partial charge in [0.15, 0.2) is 5.96 Å². The van der Waals surface area contributed by atoms with Gasteiger partial charge in [-0.3, -0.25) is 4.99 Å². The molecule has 1 N–H and O–H groups in total. The van der Waals surface area contributed by atoms with Crippen LogP contribution in [0, 0.1) is 0 Å². The van der Waals surface area contributed by atoms with Gasteiger partial charge in [0, 0.05) is 64.6 Å². The van der Waals surface area contributed by atoms with Gasteiger partial charge in [0.1, 0.15) is 5.82 Å². The Balaban J connectivity index is 1.55. The summed E-state index contributed by atoms with van der Waals surface area (Å²) in [5.74, 6) is 1.92. The summed E-state index contributed by atoms with van der Waals surface area (Å²) in [5, 5.41) is 3.37. The Kier molecular flexibility index (Phi) is 8.11. The van der Waals surface area contributed by atoms with Crippen molar-refractivity contribution in [2.24, 2.45) is 4.99 Å². The Hall–Kier alpha value is -3.03. The molecule has 0 atom stereocenters. The van der Waals surface area contributed by atoms with Crippen LogP contribution >= 0.6 is 0 Å².